The zero-order valence-corrected chi connectivity index (χ0v) is 13.2. The summed E-state index contributed by atoms with van der Waals surface area (Å²) in [5, 5.41) is 0. The second-order valence-electron chi connectivity index (χ2n) is 4.08. The molecule has 0 aliphatic heterocycles. The van der Waals surface area contributed by atoms with Gasteiger partial charge in [-0.1, -0.05) is 18.2 Å². The first-order chi connectivity index (χ1) is 9.10. The van der Waals surface area contributed by atoms with E-state index in [0.717, 1.165) is 12.8 Å². The molecule has 4 nitrogen and oxygen atoms in total. The van der Waals surface area contributed by atoms with Crippen molar-refractivity contribution < 1.29 is 19.1 Å². The minimum atomic E-state index is -0.823. The summed E-state index contributed by atoms with van der Waals surface area (Å²) in [6.45, 7) is 0. The van der Waals surface area contributed by atoms with E-state index in [1.807, 2.05) is 24.3 Å². The molecule has 0 N–H and O–H groups in total. The van der Waals surface area contributed by atoms with E-state index in [9.17, 15) is 9.59 Å². The maximum absolute atomic E-state index is 11.5. The summed E-state index contributed by atoms with van der Waals surface area (Å²) in [6, 6.07) is 8.05. The quantitative estimate of drug-likeness (QED) is 0.435. The molecule has 0 saturated heterocycles. The molecular weight excluding hydrogens is 359 g/mol. The highest BCUT2D eigenvalue weighted by molar-refractivity contribution is 14.1. The minimum absolute atomic E-state index is 0.435. The van der Waals surface area contributed by atoms with Crippen LogP contribution in [0.15, 0.2) is 24.3 Å². The zero-order valence-electron chi connectivity index (χ0n) is 11.0. The third-order valence-corrected chi connectivity index (χ3v) is 3.92. The highest BCUT2D eigenvalue weighted by atomic mass is 127. The zero-order chi connectivity index (χ0) is 14.3. The number of methoxy groups -OCH3 is 2. The molecule has 1 aromatic carbocycles. The van der Waals surface area contributed by atoms with Crippen molar-refractivity contribution in [3.05, 3.63) is 33.4 Å². The molecule has 0 radical (unpaired) electrons. The summed E-state index contributed by atoms with van der Waals surface area (Å²) < 4.78 is 10.4. The van der Waals surface area contributed by atoms with Gasteiger partial charge in [-0.3, -0.25) is 9.59 Å². The van der Waals surface area contributed by atoms with Gasteiger partial charge in [0.1, 0.15) is 0 Å². The Kier molecular flexibility index (Phi) is 6.83. The van der Waals surface area contributed by atoms with E-state index in [0.29, 0.717) is 6.42 Å². The number of aryl methyl sites for hydroxylation is 1. The Bertz CT molecular complexity index is 429. The van der Waals surface area contributed by atoms with Crippen LogP contribution in [0.4, 0.5) is 0 Å². The molecular formula is C14H17IO4. The number of hydrogen-bond acceptors (Lipinski definition) is 4. The highest BCUT2D eigenvalue weighted by Crippen LogP contribution is 2.17. The molecule has 0 bridgehead atoms. The van der Waals surface area contributed by atoms with Gasteiger partial charge in [0.25, 0.3) is 0 Å². The van der Waals surface area contributed by atoms with Gasteiger partial charge in [-0.2, -0.15) is 0 Å². The minimum Gasteiger partial charge on any atom is -0.468 e. The lowest BCUT2D eigenvalue weighted by Crippen LogP contribution is -2.26. The summed E-state index contributed by atoms with van der Waals surface area (Å²) in [6.07, 6.45) is 1.99. The monoisotopic (exact) mass is 376 g/mol. The standard InChI is InChI=1S/C14H17IO4/c1-18-13(16)11(14(17)19-2)8-5-7-10-6-3-4-9-12(10)15/h3-4,6,9,11H,5,7-8H2,1-2H3. The molecule has 104 valence electrons. The van der Waals surface area contributed by atoms with Crippen molar-refractivity contribution in [2.75, 3.05) is 14.2 Å². The first-order valence-corrected chi connectivity index (χ1v) is 7.07. The maximum atomic E-state index is 11.5. The van der Waals surface area contributed by atoms with Crippen LogP contribution in [-0.2, 0) is 25.5 Å². The predicted molar refractivity (Wildman–Crippen MR) is 79.6 cm³/mol. The van der Waals surface area contributed by atoms with Crippen LogP contribution in [0.25, 0.3) is 0 Å². The van der Waals surface area contributed by atoms with Crippen LogP contribution in [0.1, 0.15) is 18.4 Å². The van der Waals surface area contributed by atoms with Crippen molar-refractivity contribution in [3.8, 4) is 0 Å². The Morgan fingerprint density at radius 1 is 1.16 bits per heavy atom. The van der Waals surface area contributed by atoms with E-state index in [1.54, 1.807) is 0 Å². The molecule has 0 fully saturated rings. The van der Waals surface area contributed by atoms with Gasteiger partial charge in [-0.15, -0.1) is 0 Å². The smallest absolute Gasteiger partial charge is 0.320 e. The molecule has 1 aromatic rings. The van der Waals surface area contributed by atoms with Crippen LogP contribution in [0.3, 0.4) is 0 Å². The lowest BCUT2D eigenvalue weighted by atomic mass is 9.99. The topological polar surface area (TPSA) is 52.6 Å². The SMILES string of the molecule is COC(=O)C(CCCc1ccccc1I)C(=O)OC. The third kappa shape index (κ3) is 4.81. The van der Waals surface area contributed by atoms with Gasteiger partial charge in [0.05, 0.1) is 14.2 Å². The Hall–Kier alpha value is -1.11. The van der Waals surface area contributed by atoms with Gasteiger partial charge < -0.3 is 9.47 Å². The van der Waals surface area contributed by atoms with Crippen molar-refractivity contribution in [2.45, 2.75) is 19.3 Å². The van der Waals surface area contributed by atoms with E-state index in [2.05, 4.69) is 32.1 Å². The number of carbonyl (C=O) groups excluding carboxylic acids is 2. The van der Waals surface area contributed by atoms with E-state index in [4.69, 9.17) is 0 Å². The molecule has 0 aliphatic rings. The summed E-state index contributed by atoms with van der Waals surface area (Å²) in [7, 11) is 2.55. The van der Waals surface area contributed by atoms with Gasteiger partial charge in [-0.25, -0.2) is 0 Å². The molecule has 0 aliphatic carbocycles. The highest BCUT2D eigenvalue weighted by Gasteiger charge is 2.27. The fourth-order valence-corrected chi connectivity index (χ4v) is 2.47. The Balaban J connectivity index is 2.56. The fraction of sp³-hybridized carbons (Fsp3) is 0.429. The number of carbonyl (C=O) groups is 2. The predicted octanol–water partition coefficient (Wildman–Crippen LogP) is 2.58. The first-order valence-electron chi connectivity index (χ1n) is 5.99. The summed E-state index contributed by atoms with van der Waals surface area (Å²) in [5.41, 5.74) is 1.22. The average molecular weight is 376 g/mol. The van der Waals surface area contributed by atoms with Crippen LogP contribution in [0, 0.1) is 9.49 Å². The number of rotatable bonds is 6. The number of hydrogen-bond donors (Lipinski definition) is 0. The lowest BCUT2D eigenvalue weighted by Gasteiger charge is -2.12. The lowest BCUT2D eigenvalue weighted by molar-refractivity contribution is -0.159. The second-order valence-corrected chi connectivity index (χ2v) is 5.24. The van der Waals surface area contributed by atoms with Crippen molar-refractivity contribution in [3.63, 3.8) is 0 Å². The van der Waals surface area contributed by atoms with Gasteiger partial charge >= 0.3 is 11.9 Å². The second kappa shape index (κ2) is 8.14. The molecule has 0 amide bonds. The maximum Gasteiger partial charge on any atom is 0.320 e. The Morgan fingerprint density at radius 3 is 2.26 bits per heavy atom. The van der Waals surface area contributed by atoms with E-state index in [1.165, 1.54) is 23.4 Å². The Labute approximate surface area is 126 Å². The molecule has 0 aromatic heterocycles. The van der Waals surface area contributed by atoms with Crippen LogP contribution in [0.2, 0.25) is 0 Å². The summed E-state index contributed by atoms with van der Waals surface area (Å²) >= 11 is 2.28. The number of benzene rings is 1. The van der Waals surface area contributed by atoms with Gasteiger partial charge in [0.15, 0.2) is 5.92 Å². The average Bonchev–Trinajstić information content (AvgIpc) is 2.44. The van der Waals surface area contributed by atoms with Gasteiger partial charge in [0, 0.05) is 3.57 Å². The first kappa shape index (κ1) is 15.9. The van der Waals surface area contributed by atoms with E-state index in [-0.39, 0.29) is 0 Å². The van der Waals surface area contributed by atoms with Crippen molar-refractivity contribution in [2.24, 2.45) is 5.92 Å². The van der Waals surface area contributed by atoms with E-state index < -0.39 is 17.9 Å². The molecule has 0 atom stereocenters. The molecule has 5 heteroatoms. The van der Waals surface area contributed by atoms with Gasteiger partial charge in [-0.05, 0) is 53.5 Å². The molecule has 1 rings (SSSR count). The summed E-state index contributed by atoms with van der Waals surface area (Å²) in [5.74, 6) is -1.89. The van der Waals surface area contributed by atoms with Crippen molar-refractivity contribution >= 4 is 34.5 Å². The third-order valence-electron chi connectivity index (χ3n) is 2.87. The number of ether oxygens (including phenoxy) is 2. The molecule has 0 saturated carbocycles. The van der Waals surface area contributed by atoms with Crippen molar-refractivity contribution in [1.29, 1.82) is 0 Å². The largest absolute Gasteiger partial charge is 0.468 e. The normalized spacial score (nSPS) is 10.3. The molecule has 0 spiro atoms. The molecule has 0 heterocycles. The van der Waals surface area contributed by atoms with Crippen LogP contribution < -0.4 is 0 Å². The molecule has 0 unspecified atom stereocenters. The van der Waals surface area contributed by atoms with Crippen molar-refractivity contribution in [1.82, 2.24) is 0 Å². The van der Waals surface area contributed by atoms with E-state index >= 15 is 0 Å². The fourth-order valence-electron chi connectivity index (χ4n) is 1.81. The number of halogens is 1. The van der Waals surface area contributed by atoms with Crippen LogP contribution in [0.5, 0.6) is 0 Å². The number of esters is 2. The van der Waals surface area contributed by atoms with Crippen LogP contribution >= 0.6 is 22.6 Å². The van der Waals surface area contributed by atoms with Crippen LogP contribution in [-0.4, -0.2) is 26.2 Å². The Morgan fingerprint density at radius 2 is 1.74 bits per heavy atom. The molecule has 19 heavy (non-hydrogen) atoms. The summed E-state index contributed by atoms with van der Waals surface area (Å²) in [4.78, 5) is 23.0. The van der Waals surface area contributed by atoms with Gasteiger partial charge in [0.2, 0.25) is 0 Å².